The molecule has 4 aromatic rings. The lowest BCUT2D eigenvalue weighted by Crippen LogP contribution is -2.41. The number of hydrogen-bond acceptors (Lipinski definition) is 15. The minimum Gasteiger partial charge on any atom is -0.443 e. The van der Waals surface area contributed by atoms with Crippen LogP contribution in [-0.4, -0.2) is 141 Å². The molecule has 448 valence electrons. The van der Waals surface area contributed by atoms with E-state index in [0.29, 0.717) is 75.6 Å². The standard InChI is InChI=1S/C12H13FO.C11H20N2O3.C10H18N2O3.C10H15NO2.2C8H13NO2/c1-4-10-5-6-11(12(13)7-10)8-14-9(2)3;1-8(2)16-7-6-13-9(14)11(3,4)12(5)10(13)15;1-7(2)15-6-5-12-8(13)10(3,4)11-9(12)14;1-9(2)13-8-7-11-6-4-3-5-10(11)12;2*1-6(2)10-5-8-9-4-7(3)11-8/h1,5-7,9H,8H2,2-3H3;8H,6-7H2,1-5H3;7H,5-6H2,1-4H3,(H,11,14);3-6,9H,7-8H2,1-2H3;2*4,6H,5H2,1-3H3. The molecule has 80 heavy (non-hydrogen) atoms. The van der Waals surface area contributed by atoms with Crippen molar-refractivity contribution < 1.29 is 60.8 Å². The lowest BCUT2D eigenvalue weighted by molar-refractivity contribution is -0.132. The first kappa shape index (κ1) is 71.7. The summed E-state index contributed by atoms with van der Waals surface area (Å²) in [5.74, 6) is 4.67. The van der Waals surface area contributed by atoms with Crippen molar-refractivity contribution in [1.82, 2.24) is 34.6 Å². The number of nitrogens with one attached hydrogen (secondary N) is 1. The molecule has 2 saturated heterocycles. The van der Waals surface area contributed by atoms with Gasteiger partial charge >= 0.3 is 12.1 Å². The Bertz CT molecular complexity index is 2510. The second-order valence-corrected chi connectivity index (χ2v) is 21.1. The van der Waals surface area contributed by atoms with E-state index in [0.717, 1.165) is 11.5 Å². The van der Waals surface area contributed by atoms with E-state index in [9.17, 15) is 28.4 Å². The molecule has 6 amide bonds. The molecule has 5 heterocycles. The van der Waals surface area contributed by atoms with Gasteiger partial charge in [-0.05, 0) is 143 Å². The SMILES string of the molecule is C#Cc1ccc(COC(C)C)c(F)c1.CC(C)OCCN1C(=O)N(C)C(C)(C)C1=O.CC(C)OCCN1C(=O)NC(C)(C)C1=O.CC(C)OCCn1ccccc1=O.Cc1cnc(COC(C)C)o1.Cc1cnc(COC(C)C)o1. The molecule has 0 unspecified atom stereocenters. The molecule has 20 nitrogen and oxygen atoms in total. The molecule has 0 saturated carbocycles. The van der Waals surface area contributed by atoms with Crippen LogP contribution in [0.25, 0.3) is 0 Å². The Morgan fingerprint density at radius 2 is 1.07 bits per heavy atom. The number of benzene rings is 1. The minimum absolute atomic E-state index is 0.0230. The molecule has 1 aromatic carbocycles. The highest BCUT2D eigenvalue weighted by atomic mass is 19.1. The van der Waals surface area contributed by atoms with Gasteiger partial charge < -0.3 is 52.0 Å². The molecule has 2 fully saturated rings. The lowest BCUT2D eigenvalue weighted by atomic mass is 10.1. The Morgan fingerprint density at radius 1 is 0.625 bits per heavy atom. The van der Waals surface area contributed by atoms with Crippen LogP contribution < -0.4 is 10.9 Å². The van der Waals surface area contributed by atoms with E-state index in [1.165, 1.54) is 20.8 Å². The van der Waals surface area contributed by atoms with Crippen LogP contribution in [0.3, 0.4) is 0 Å². The molecule has 0 bridgehead atoms. The average molecular weight is 1130 g/mol. The molecule has 0 atom stereocenters. The molecule has 0 radical (unpaired) electrons. The smallest absolute Gasteiger partial charge is 0.327 e. The van der Waals surface area contributed by atoms with Crippen LogP contribution in [0.5, 0.6) is 0 Å². The number of carbonyl (C=O) groups is 4. The van der Waals surface area contributed by atoms with Gasteiger partial charge in [0.05, 0.1) is 88.5 Å². The number of hydrogen-bond donors (Lipinski definition) is 1. The van der Waals surface area contributed by atoms with Gasteiger partial charge in [0.1, 0.15) is 41.6 Å². The number of aromatic nitrogens is 3. The number of urea groups is 2. The number of halogens is 1. The first-order valence-corrected chi connectivity index (χ1v) is 27.0. The highest BCUT2D eigenvalue weighted by Gasteiger charge is 2.49. The number of oxazole rings is 2. The molecule has 0 spiro atoms. The van der Waals surface area contributed by atoms with E-state index < -0.39 is 11.1 Å². The van der Waals surface area contributed by atoms with E-state index in [4.69, 9.17) is 43.7 Å². The second kappa shape index (κ2) is 36.2. The number of pyridine rings is 1. The third-order valence-electron chi connectivity index (χ3n) is 11.0. The number of nitrogens with zero attached hydrogens (tertiary/aromatic N) is 6. The molecular weight excluding hydrogens is 1030 g/mol. The van der Waals surface area contributed by atoms with Crippen molar-refractivity contribution in [3.63, 3.8) is 0 Å². The van der Waals surface area contributed by atoms with Crippen LogP contribution in [0.1, 0.15) is 145 Å². The molecule has 1 N–H and O–H groups in total. The van der Waals surface area contributed by atoms with E-state index >= 15 is 0 Å². The summed E-state index contributed by atoms with van der Waals surface area (Å²) in [6.45, 7) is 37.8. The summed E-state index contributed by atoms with van der Waals surface area (Å²) < 4.78 is 57.2. The fraction of sp³-hybridized carbons (Fsp3) is 0.610. The largest absolute Gasteiger partial charge is 0.443 e. The summed E-state index contributed by atoms with van der Waals surface area (Å²) in [7, 11) is 1.64. The zero-order chi connectivity index (χ0) is 60.9. The average Bonchev–Trinajstić information content (AvgIpc) is 4.08. The maximum Gasteiger partial charge on any atom is 0.327 e. The van der Waals surface area contributed by atoms with Crippen LogP contribution in [0.15, 0.2) is 68.6 Å². The molecular formula is C59H92FN7O13. The van der Waals surface area contributed by atoms with Gasteiger partial charge in [-0.3, -0.25) is 24.2 Å². The van der Waals surface area contributed by atoms with Crippen LogP contribution in [0, 0.1) is 32.0 Å². The van der Waals surface area contributed by atoms with Crippen molar-refractivity contribution in [2.24, 2.45) is 0 Å². The Hall–Kier alpha value is -6.28. The summed E-state index contributed by atoms with van der Waals surface area (Å²) in [6.07, 6.45) is 11.3. The zero-order valence-corrected chi connectivity index (χ0v) is 51.0. The van der Waals surface area contributed by atoms with Gasteiger partial charge in [0.2, 0.25) is 11.8 Å². The minimum atomic E-state index is -0.783. The Kier molecular flexibility index (Phi) is 32.4. The third kappa shape index (κ3) is 27.7. The number of carbonyl (C=O) groups excluding carboxylic acids is 4. The lowest BCUT2D eigenvalue weighted by Gasteiger charge is -2.22. The summed E-state index contributed by atoms with van der Waals surface area (Å²) in [6, 6.07) is 9.27. The van der Waals surface area contributed by atoms with Crippen LogP contribution in [-0.2, 0) is 64.4 Å². The highest BCUT2D eigenvalue weighted by molar-refractivity contribution is 6.07. The van der Waals surface area contributed by atoms with Crippen LogP contribution in [0.2, 0.25) is 0 Å². The van der Waals surface area contributed by atoms with E-state index in [2.05, 4.69) is 21.2 Å². The summed E-state index contributed by atoms with van der Waals surface area (Å²) in [5, 5.41) is 2.61. The van der Waals surface area contributed by atoms with Gasteiger partial charge in [0.15, 0.2) is 0 Å². The predicted molar refractivity (Wildman–Crippen MR) is 304 cm³/mol. The van der Waals surface area contributed by atoms with Crippen molar-refractivity contribution in [1.29, 1.82) is 0 Å². The van der Waals surface area contributed by atoms with E-state index in [-0.39, 0.29) is 78.5 Å². The summed E-state index contributed by atoms with van der Waals surface area (Å²) >= 11 is 0. The number of imide groups is 2. The van der Waals surface area contributed by atoms with Gasteiger partial charge in [-0.2, -0.15) is 0 Å². The number of likely N-dealkylation sites (N-methyl/N-ethyl adjacent to an activating group) is 1. The van der Waals surface area contributed by atoms with Crippen LogP contribution >= 0.6 is 0 Å². The Balaban J connectivity index is 0.000000482. The Morgan fingerprint density at radius 3 is 1.44 bits per heavy atom. The number of terminal acetylenes is 1. The predicted octanol–water partition coefficient (Wildman–Crippen LogP) is 9.65. The molecule has 3 aromatic heterocycles. The van der Waals surface area contributed by atoms with Crippen molar-refractivity contribution >= 4 is 23.9 Å². The molecule has 0 aliphatic carbocycles. The van der Waals surface area contributed by atoms with Crippen molar-refractivity contribution in [3.05, 3.63) is 106 Å². The molecule has 2 aliphatic rings. The monoisotopic (exact) mass is 1130 g/mol. The highest BCUT2D eigenvalue weighted by Crippen LogP contribution is 2.25. The third-order valence-corrected chi connectivity index (χ3v) is 11.0. The summed E-state index contributed by atoms with van der Waals surface area (Å²) in [5.41, 5.74) is -0.410. The first-order chi connectivity index (χ1) is 37.3. The quantitative estimate of drug-likeness (QED) is 0.0606. The fourth-order valence-electron chi connectivity index (χ4n) is 6.41. The molecule has 6 rings (SSSR count). The molecule has 2 aliphatic heterocycles. The van der Waals surface area contributed by atoms with Gasteiger partial charge in [-0.25, -0.2) is 23.9 Å². The molecule has 21 heteroatoms. The van der Waals surface area contributed by atoms with Gasteiger partial charge in [0.25, 0.3) is 17.4 Å². The Labute approximate surface area is 474 Å². The second-order valence-electron chi connectivity index (χ2n) is 21.1. The number of rotatable bonds is 21. The number of ether oxygens (including phenoxy) is 6. The van der Waals surface area contributed by atoms with Crippen LogP contribution in [0.4, 0.5) is 14.0 Å². The maximum absolute atomic E-state index is 13.3. The topological polar surface area (TPSA) is 219 Å². The first-order valence-electron chi connectivity index (χ1n) is 27.0. The number of amides is 6. The number of aryl methyl sites for hydroxylation is 2. The van der Waals surface area contributed by atoms with Crippen molar-refractivity contribution in [3.8, 4) is 12.3 Å². The fourth-order valence-corrected chi connectivity index (χ4v) is 6.41. The normalized spacial score (nSPS) is 14.3. The van der Waals surface area contributed by atoms with E-state index in [1.807, 2.05) is 103 Å². The van der Waals surface area contributed by atoms with Gasteiger partial charge in [0, 0.05) is 37.0 Å². The maximum atomic E-state index is 13.3. The van der Waals surface area contributed by atoms with Gasteiger partial charge in [-0.1, -0.05) is 18.1 Å². The van der Waals surface area contributed by atoms with Gasteiger partial charge in [-0.15, -0.1) is 6.42 Å². The summed E-state index contributed by atoms with van der Waals surface area (Å²) in [4.78, 5) is 69.9. The van der Waals surface area contributed by atoms with E-state index in [1.54, 1.807) is 82.2 Å². The zero-order valence-electron chi connectivity index (χ0n) is 51.0. The van der Waals surface area contributed by atoms with Crippen molar-refractivity contribution in [2.45, 2.75) is 199 Å². The van der Waals surface area contributed by atoms with Crippen molar-refractivity contribution in [2.75, 3.05) is 40.0 Å².